The zero-order valence-electron chi connectivity index (χ0n) is 16.8. The fraction of sp³-hybridized carbons (Fsp3) is 0.115. The third kappa shape index (κ3) is 2.25. The number of fused-ring (bicyclic) bond motifs is 3. The van der Waals surface area contributed by atoms with Crippen molar-refractivity contribution in [3.8, 4) is 11.1 Å². The Morgan fingerprint density at radius 2 is 1.57 bits per heavy atom. The molecule has 1 aliphatic carbocycles. The standard InChI is InChI=1S/C26H22N4/c1-29-15-16-30(18-29)20-8-6-7-19(17-20)26(25-13-14-27-28-25)23-11-4-2-9-21(23)22-10-3-5-12-24(22)26/h2-17H,18H2,1H3,(H,27,28). The van der Waals surface area contributed by atoms with Gasteiger partial charge in [-0.05, 0) is 46.0 Å². The van der Waals surface area contributed by atoms with E-state index in [1.165, 1.54) is 33.5 Å². The molecule has 1 N–H and O–H groups in total. The lowest BCUT2D eigenvalue weighted by Crippen LogP contribution is -2.29. The van der Waals surface area contributed by atoms with E-state index < -0.39 is 5.41 Å². The number of aromatic amines is 1. The third-order valence-electron chi connectivity index (χ3n) is 6.34. The summed E-state index contributed by atoms with van der Waals surface area (Å²) < 4.78 is 0. The van der Waals surface area contributed by atoms with Crippen molar-refractivity contribution >= 4 is 5.69 Å². The van der Waals surface area contributed by atoms with E-state index in [2.05, 4.69) is 118 Å². The van der Waals surface area contributed by atoms with Gasteiger partial charge in [-0.15, -0.1) is 0 Å². The predicted octanol–water partition coefficient (Wildman–Crippen LogP) is 4.95. The monoisotopic (exact) mass is 390 g/mol. The average Bonchev–Trinajstić information content (AvgIpc) is 3.52. The lowest BCUT2D eigenvalue weighted by Gasteiger charge is -2.32. The first-order valence-corrected chi connectivity index (χ1v) is 10.2. The Kier molecular flexibility index (Phi) is 3.62. The van der Waals surface area contributed by atoms with Crippen LogP contribution in [0.2, 0.25) is 0 Å². The number of H-pyrrole nitrogens is 1. The summed E-state index contributed by atoms with van der Waals surface area (Å²) in [5.74, 6) is 0. The fourth-order valence-electron chi connectivity index (χ4n) is 5.07. The Morgan fingerprint density at radius 3 is 2.20 bits per heavy atom. The van der Waals surface area contributed by atoms with Crippen molar-refractivity contribution in [1.82, 2.24) is 15.1 Å². The zero-order valence-corrected chi connectivity index (χ0v) is 16.8. The molecule has 0 radical (unpaired) electrons. The van der Waals surface area contributed by atoms with E-state index in [9.17, 15) is 0 Å². The highest BCUT2D eigenvalue weighted by molar-refractivity contribution is 5.86. The SMILES string of the molecule is CN1C=CN(c2cccc(C3(c4ccn[nH]4)c4ccccc4-c4ccccc43)c2)C1. The minimum atomic E-state index is -0.422. The lowest BCUT2D eigenvalue weighted by atomic mass is 9.70. The van der Waals surface area contributed by atoms with E-state index in [4.69, 9.17) is 0 Å². The maximum absolute atomic E-state index is 4.34. The predicted molar refractivity (Wildman–Crippen MR) is 120 cm³/mol. The Balaban J connectivity index is 1.66. The van der Waals surface area contributed by atoms with Crippen molar-refractivity contribution in [3.05, 3.63) is 120 Å². The first kappa shape index (κ1) is 17.1. The van der Waals surface area contributed by atoms with Gasteiger partial charge in [0, 0.05) is 31.3 Å². The number of hydrogen-bond acceptors (Lipinski definition) is 3. The molecule has 1 aromatic heterocycles. The van der Waals surface area contributed by atoms with Crippen LogP contribution in [-0.4, -0.2) is 28.8 Å². The van der Waals surface area contributed by atoms with E-state index in [0.29, 0.717) is 0 Å². The third-order valence-corrected chi connectivity index (χ3v) is 6.34. The van der Waals surface area contributed by atoms with Crippen molar-refractivity contribution in [3.63, 3.8) is 0 Å². The number of aromatic nitrogens is 2. The molecule has 4 aromatic rings. The minimum absolute atomic E-state index is 0.422. The van der Waals surface area contributed by atoms with Crippen LogP contribution in [0.5, 0.6) is 0 Å². The van der Waals surface area contributed by atoms with Gasteiger partial charge < -0.3 is 9.80 Å². The normalized spacial score (nSPS) is 16.0. The van der Waals surface area contributed by atoms with Crippen LogP contribution in [0.1, 0.15) is 22.4 Å². The van der Waals surface area contributed by atoms with Gasteiger partial charge in [-0.1, -0.05) is 60.7 Å². The molecule has 6 rings (SSSR count). The van der Waals surface area contributed by atoms with Crippen LogP contribution >= 0.6 is 0 Å². The van der Waals surface area contributed by atoms with Crippen LogP contribution in [-0.2, 0) is 5.41 Å². The summed E-state index contributed by atoms with van der Waals surface area (Å²) in [5.41, 5.74) is 8.26. The van der Waals surface area contributed by atoms with Gasteiger partial charge in [-0.25, -0.2) is 0 Å². The lowest BCUT2D eigenvalue weighted by molar-refractivity contribution is 0.495. The molecule has 0 bridgehead atoms. The van der Waals surface area contributed by atoms with Gasteiger partial charge in [-0.2, -0.15) is 5.10 Å². The number of benzene rings is 3. The molecule has 0 amide bonds. The smallest absolute Gasteiger partial charge is 0.0938 e. The Labute approximate surface area is 176 Å². The summed E-state index contributed by atoms with van der Waals surface area (Å²) in [5, 5.41) is 7.65. The van der Waals surface area contributed by atoms with Crippen molar-refractivity contribution in [1.29, 1.82) is 0 Å². The number of anilines is 1. The van der Waals surface area contributed by atoms with E-state index in [-0.39, 0.29) is 0 Å². The van der Waals surface area contributed by atoms with Gasteiger partial charge in [0.15, 0.2) is 0 Å². The van der Waals surface area contributed by atoms with E-state index in [0.717, 1.165) is 12.4 Å². The molecule has 30 heavy (non-hydrogen) atoms. The molecule has 4 nitrogen and oxygen atoms in total. The Bertz CT molecular complexity index is 1210. The van der Waals surface area contributed by atoms with Gasteiger partial charge in [0.1, 0.15) is 0 Å². The topological polar surface area (TPSA) is 35.2 Å². The minimum Gasteiger partial charge on any atom is -0.361 e. The van der Waals surface area contributed by atoms with Crippen LogP contribution in [0.15, 0.2) is 97.5 Å². The van der Waals surface area contributed by atoms with Crippen LogP contribution in [0, 0.1) is 0 Å². The second-order valence-corrected chi connectivity index (χ2v) is 8.03. The van der Waals surface area contributed by atoms with E-state index in [1.54, 1.807) is 0 Å². The molecule has 2 aliphatic rings. The molecule has 0 atom stereocenters. The molecular weight excluding hydrogens is 368 g/mol. The van der Waals surface area contributed by atoms with Crippen LogP contribution < -0.4 is 4.90 Å². The maximum Gasteiger partial charge on any atom is 0.0938 e. The molecule has 2 heterocycles. The summed E-state index contributed by atoms with van der Waals surface area (Å²) in [7, 11) is 2.09. The van der Waals surface area contributed by atoms with Crippen molar-refractivity contribution in [2.75, 3.05) is 18.6 Å². The highest BCUT2D eigenvalue weighted by atomic mass is 15.3. The molecule has 0 unspecified atom stereocenters. The zero-order chi connectivity index (χ0) is 20.1. The largest absolute Gasteiger partial charge is 0.361 e. The van der Waals surface area contributed by atoms with Gasteiger partial charge in [0.05, 0.1) is 17.8 Å². The summed E-state index contributed by atoms with van der Waals surface area (Å²) in [4.78, 5) is 4.45. The quantitative estimate of drug-likeness (QED) is 0.473. The van der Waals surface area contributed by atoms with Gasteiger partial charge in [0.2, 0.25) is 0 Å². The summed E-state index contributed by atoms with van der Waals surface area (Å²) >= 11 is 0. The van der Waals surface area contributed by atoms with Crippen molar-refractivity contribution in [2.45, 2.75) is 5.41 Å². The molecule has 3 aromatic carbocycles. The van der Waals surface area contributed by atoms with E-state index >= 15 is 0 Å². The summed E-state index contributed by atoms with van der Waals surface area (Å²) in [6.07, 6.45) is 6.10. The highest BCUT2D eigenvalue weighted by Crippen LogP contribution is 2.55. The van der Waals surface area contributed by atoms with Gasteiger partial charge in [-0.3, -0.25) is 5.10 Å². The number of rotatable bonds is 3. The summed E-state index contributed by atoms with van der Waals surface area (Å²) in [6.45, 7) is 0.855. The van der Waals surface area contributed by atoms with Crippen molar-refractivity contribution < 1.29 is 0 Å². The van der Waals surface area contributed by atoms with Gasteiger partial charge >= 0.3 is 0 Å². The molecule has 0 saturated heterocycles. The Morgan fingerprint density at radius 1 is 0.833 bits per heavy atom. The molecule has 1 aliphatic heterocycles. The number of hydrogen-bond donors (Lipinski definition) is 1. The molecule has 4 heteroatoms. The molecule has 0 fully saturated rings. The fourth-order valence-corrected chi connectivity index (χ4v) is 5.07. The number of nitrogens with zero attached hydrogens (tertiary/aromatic N) is 3. The molecule has 0 saturated carbocycles. The van der Waals surface area contributed by atoms with Crippen LogP contribution in [0.25, 0.3) is 11.1 Å². The maximum atomic E-state index is 4.34. The van der Waals surface area contributed by atoms with E-state index in [1.807, 2.05) is 6.20 Å². The second kappa shape index (κ2) is 6.36. The first-order valence-electron chi connectivity index (χ1n) is 10.2. The second-order valence-electron chi connectivity index (χ2n) is 8.03. The average molecular weight is 390 g/mol. The first-order chi connectivity index (χ1) is 14.8. The molecule has 146 valence electrons. The molecular formula is C26H22N4. The van der Waals surface area contributed by atoms with Gasteiger partial charge in [0.25, 0.3) is 0 Å². The summed E-state index contributed by atoms with van der Waals surface area (Å²) in [6, 6.07) is 28.5. The number of nitrogens with one attached hydrogen (secondary N) is 1. The van der Waals surface area contributed by atoms with Crippen LogP contribution in [0.4, 0.5) is 5.69 Å². The Hall–Kier alpha value is -3.79. The van der Waals surface area contributed by atoms with Crippen molar-refractivity contribution in [2.24, 2.45) is 0 Å². The highest BCUT2D eigenvalue weighted by Gasteiger charge is 2.47. The molecule has 0 spiro atoms. The van der Waals surface area contributed by atoms with Crippen LogP contribution in [0.3, 0.4) is 0 Å².